The van der Waals surface area contributed by atoms with Crippen LogP contribution in [0.5, 0.6) is 0 Å². The molecular weight excluding hydrogens is 384 g/mol. The summed E-state index contributed by atoms with van der Waals surface area (Å²) in [4.78, 5) is 12.3. The maximum Gasteiger partial charge on any atom is 0.407 e. The molecule has 0 fully saturated rings. The van der Waals surface area contributed by atoms with Gasteiger partial charge < -0.3 is 30.0 Å². The Kier molecular flexibility index (Phi) is 8.65. The molecule has 0 aromatic heterocycles. The number of alkyl carbamates (subject to hydrolysis) is 1. The van der Waals surface area contributed by atoms with Crippen molar-refractivity contribution in [1.82, 2.24) is 5.32 Å². The van der Waals surface area contributed by atoms with Crippen molar-refractivity contribution in [3.8, 4) is 11.1 Å². The molecule has 0 heterocycles. The molecule has 30 heavy (non-hydrogen) atoms. The molecular formula is C23H30N2O5. The predicted molar refractivity (Wildman–Crippen MR) is 115 cm³/mol. The summed E-state index contributed by atoms with van der Waals surface area (Å²) in [5.74, 6) is 0.0278. The molecule has 1 atom stereocenters. The Morgan fingerprint density at radius 1 is 0.967 bits per heavy atom. The van der Waals surface area contributed by atoms with Crippen molar-refractivity contribution in [2.75, 3.05) is 53.3 Å². The molecule has 7 heteroatoms. The van der Waals surface area contributed by atoms with Gasteiger partial charge in [-0.1, -0.05) is 48.5 Å². The van der Waals surface area contributed by atoms with Crippen LogP contribution in [0.25, 0.3) is 11.1 Å². The van der Waals surface area contributed by atoms with Gasteiger partial charge in [0.2, 0.25) is 0 Å². The van der Waals surface area contributed by atoms with Crippen LogP contribution in [0, 0.1) is 0 Å². The summed E-state index contributed by atoms with van der Waals surface area (Å²) in [5.41, 5.74) is 10.5. The summed E-state index contributed by atoms with van der Waals surface area (Å²) in [7, 11) is 1.63. The molecule has 0 saturated carbocycles. The number of methoxy groups -OCH3 is 1. The summed E-state index contributed by atoms with van der Waals surface area (Å²) >= 11 is 0. The van der Waals surface area contributed by atoms with E-state index in [0.717, 1.165) is 0 Å². The summed E-state index contributed by atoms with van der Waals surface area (Å²) in [5, 5.41) is 2.78. The van der Waals surface area contributed by atoms with Crippen molar-refractivity contribution < 1.29 is 23.7 Å². The van der Waals surface area contributed by atoms with Crippen LogP contribution in [0.15, 0.2) is 48.5 Å². The zero-order valence-corrected chi connectivity index (χ0v) is 17.3. The first kappa shape index (κ1) is 22.2. The first-order valence-electron chi connectivity index (χ1n) is 10.2. The van der Waals surface area contributed by atoms with E-state index in [4.69, 9.17) is 24.7 Å². The molecule has 0 bridgehead atoms. The van der Waals surface area contributed by atoms with E-state index >= 15 is 0 Å². The van der Waals surface area contributed by atoms with E-state index in [-0.39, 0.29) is 25.1 Å². The van der Waals surface area contributed by atoms with Crippen LogP contribution in [0.4, 0.5) is 4.79 Å². The fourth-order valence-electron chi connectivity index (χ4n) is 3.56. The maximum absolute atomic E-state index is 12.3. The summed E-state index contributed by atoms with van der Waals surface area (Å²) < 4.78 is 21.3. The Morgan fingerprint density at radius 2 is 1.57 bits per heavy atom. The lowest BCUT2D eigenvalue weighted by Gasteiger charge is -2.19. The number of carbonyl (C=O) groups is 1. The number of amides is 1. The van der Waals surface area contributed by atoms with Crippen LogP contribution >= 0.6 is 0 Å². The summed E-state index contributed by atoms with van der Waals surface area (Å²) in [6.07, 6.45) is -0.493. The molecule has 3 rings (SSSR count). The van der Waals surface area contributed by atoms with Crippen molar-refractivity contribution in [3.63, 3.8) is 0 Å². The van der Waals surface area contributed by atoms with E-state index in [1.165, 1.54) is 22.3 Å². The van der Waals surface area contributed by atoms with Gasteiger partial charge in [0.1, 0.15) is 6.61 Å². The molecule has 0 radical (unpaired) electrons. The van der Waals surface area contributed by atoms with Gasteiger partial charge in [-0.05, 0) is 22.3 Å². The quantitative estimate of drug-likeness (QED) is 0.519. The molecule has 162 valence electrons. The number of nitrogens with two attached hydrogens (primary N) is 1. The SMILES string of the molecule is COCCOCCOC[C@@H](CN)NC(=O)OCC1c2ccccc2-c2ccccc21. The number of carbonyl (C=O) groups excluding carboxylic acids is 1. The molecule has 1 aliphatic rings. The smallest absolute Gasteiger partial charge is 0.407 e. The van der Waals surface area contributed by atoms with Gasteiger partial charge in [-0.15, -0.1) is 0 Å². The summed E-state index contributed by atoms with van der Waals surface area (Å²) in [6, 6.07) is 16.2. The third-order valence-corrected chi connectivity index (χ3v) is 5.07. The zero-order chi connectivity index (χ0) is 21.2. The normalized spacial score (nSPS) is 13.5. The first-order chi connectivity index (χ1) is 14.7. The molecule has 0 aliphatic heterocycles. The van der Waals surface area contributed by atoms with E-state index in [2.05, 4.69) is 29.6 Å². The topological polar surface area (TPSA) is 92.0 Å². The molecule has 7 nitrogen and oxygen atoms in total. The van der Waals surface area contributed by atoms with Gasteiger partial charge in [-0.3, -0.25) is 0 Å². The van der Waals surface area contributed by atoms with E-state index < -0.39 is 6.09 Å². The van der Waals surface area contributed by atoms with Crippen LogP contribution in [0.2, 0.25) is 0 Å². The Labute approximate surface area is 177 Å². The Hall–Kier alpha value is -2.45. The third-order valence-electron chi connectivity index (χ3n) is 5.07. The fraction of sp³-hybridized carbons (Fsp3) is 0.435. The third kappa shape index (κ3) is 5.79. The van der Waals surface area contributed by atoms with E-state index in [0.29, 0.717) is 33.0 Å². The van der Waals surface area contributed by atoms with Gasteiger partial charge in [0.15, 0.2) is 0 Å². The molecule has 0 saturated heterocycles. The fourth-order valence-corrected chi connectivity index (χ4v) is 3.56. The maximum atomic E-state index is 12.3. The minimum Gasteiger partial charge on any atom is -0.449 e. The largest absolute Gasteiger partial charge is 0.449 e. The molecule has 2 aromatic rings. The highest BCUT2D eigenvalue weighted by molar-refractivity contribution is 5.79. The van der Waals surface area contributed by atoms with Gasteiger partial charge in [0.05, 0.1) is 39.1 Å². The highest BCUT2D eigenvalue weighted by atomic mass is 16.6. The molecule has 0 spiro atoms. The number of benzene rings is 2. The Bertz CT molecular complexity index is 768. The van der Waals surface area contributed by atoms with Crippen LogP contribution in [-0.2, 0) is 18.9 Å². The molecule has 2 aromatic carbocycles. The van der Waals surface area contributed by atoms with Crippen molar-refractivity contribution in [1.29, 1.82) is 0 Å². The predicted octanol–water partition coefficient (Wildman–Crippen LogP) is 2.53. The second kappa shape index (κ2) is 11.7. The van der Waals surface area contributed by atoms with Crippen molar-refractivity contribution >= 4 is 6.09 Å². The van der Waals surface area contributed by atoms with E-state index in [9.17, 15) is 4.79 Å². The number of nitrogens with one attached hydrogen (secondary N) is 1. The van der Waals surface area contributed by atoms with Crippen LogP contribution in [0.3, 0.4) is 0 Å². The second-order valence-corrected chi connectivity index (χ2v) is 7.08. The number of ether oxygens (including phenoxy) is 4. The number of rotatable bonds is 12. The Morgan fingerprint density at radius 3 is 2.20 bits per heavy atom. The van der Waals surface area contributed by atoms with E-state index in [1.54, 1.807) is 7.11 Å². The molecule has 3 N–H and O–H groups in total. The highest BCUT2D eigenvalue weighted by Gasteiger charge is 2.29. The molecule has 0 unspecified atom stereocenters. The van der Waals surface area contributed by atoms with Gasteiger partial charge in [0.25, 0.3) is 0 Å². The number of hydrogen-bond donors (Lipinski definition) is 2. The Balaban J connectivity index is 1.45. The van der Waals surface area contributed by atoms with E-state index in [1.807, 2.05) is 24.3 Å². The zero-order valence-electron chi connectivity index (χ0n) is 17.3. The minimum absolute atomic E-state index is 0.0278. The number of fused-ring (bicyclic) bond motifs is 3. The highest BCUT2D eigenvalue weighted by Crippen LogP contribution is 2.44. The van der Waals surface area contributed by atoms with Crippen LogP contribution < -0.4 is 11.1 Å². The number of hydrogen-bond acceptors (Lipinski definition) is 6. The van der Waals surface area contributed by atoms with Gasteiger partial charge in [-0.25, -0.2) is 4.79 Å². The lowest BCUT2D eigenvalue weighted by molar-refractivity contribution is 0.0196. The standard InChI is InChI=1S/C23H30N2O5/c1-27-10-11-28-12-13-29-15-17(14-24)25-23(26)30-16-22-20-8-4-2-6-18(20)19-7-3-5-9-21(19)22/h2-9,17,22H,10-16,24H2,1H3,(H,25,26)/t17-/m1/s1. The van der Waals surface area contributed by atoms with Crippen molar-refractivity contribution in [2.45, 2.75) is 12.0 Å². The summed E-state index contributed by atoms with van der Waals surface area (Å²) in [6.45, 7) is 2.79. The monoisotopic (exact) mass is 414 g/mol. The molecule has 1 aliphatic carbocycles. The van der Waals surface area contributed by atoms with Gasteiger partial charge in [0, 0.05) is 19.6 Å². The van der Waals surface area contributed by atoms with Gasteiger partial charge >= 0.3 is 6.09 Å². The second-order valence-electron chi connectivity index (χ2n) is 7.08. The van der Waals surface area contributed by atoms with Crippen molar-refractivity contribution in [3.05, 3.63) is 59.7 Å². The first-order valence-corrected chi connectivity index (χ1v) is 10.2. The van der Waals surface area contributed by atoms with Crippen LogP contribution in [0.1, 0.15) is 17.0 Å². The van der Waals surface area contributed by atoms with Gasteiger partial charge in [-0.2, -0.15) is 0 Å². The average molecular weight is 415 g/mol. The lowest BCUT2D eigenvalue weighted by atomic mass is 9.98. The lowest BCUT2D eigenvalue weighted by Crippen LogP contribution is -2.44. The average Bonchev–Trinajstić information content (AvgIpc) is 3.10. The minimum atomic E-state index is -0.493. The molecule has 1 amide bonds. The van der Waals surface area contributed by atoms with Crippen molar-refractivity contribution in [2.24, 2.45) is 5.73 Å². The van der Waals surface area contributed by atoms with Crippen LogP contribution in [-0.4, -0.2) is 65.4 Å².